The highest BCUT2D eigenvalue weighted by Crippen LogP contribution is 2.40. The fourth-order valence-corrected chi connectivity index (χ4v) is 6.46. The van der Waals surface area contributed by atoms with Gasteiger partial charge in [-0.3, -0.25) is 14.5 Å². The topological polar surface area (TPSA) is 159 Å². The number of carboxylic acids is 1. The number of fused-ring (bicyclic) bond motifs is 2. The van der Waals surface area contributed by atoms with Crippen LogP contribution in [0.3, 0.4) is 0 Å². The molecule has 192 valence electrons. The molecule has 1 fully saturated rings. The number of pyridine rings is 1. The third-order valence-electron chi connectivity index (χ3n) is 5.74. The van der Waals surface area contributed by atoms with Crippen LogP contribution in [-0.4, -0.2) is 62.2 Å². The van der Waals surface area contributed by atoms with Crippen molar-refractivity contribution >= 4 is 69.0 Å². The van der Waals surface area contributed by atoms with Crippen LogP contribution in [0.2, 0.25) is 4.34 Å². The highest BCUT2D eigenvalue weighted by Gasteiger charge is 2.53. The van der Waals surface area contributed by atoms with Gasteiger partial charge in [-0.05, 0) is 12.1 Å². The zero-order valence-corrected chi connectivity index (χ0v) is 21.3. The zero-order chi connectivity index (χ0) is 26.4. The van der Waals surface area contributed by atoms with E-state index in [0.29, 0.717) is 5.57 Å². The number of carbonyl (C=O) groups excluding carboxylic acids is 3. The second-order valence-electron chi connectivity index (χ2n) is 7.91. The van der Waals surface area contributed by atoms with Crippen LogP contribution in [0, 0.1) is 5.82 Å². The van der Waals surface area contributed by atoms with Gasteiger partial charge in [0.1, 0.15) is 47.5 Å². The lowest BCUT2D eigenvalue weighted by Crippen LogP contribution is -2.71. The molecule has 0 bridgehead atoms. The number of nitrogens with two attached hydrogens (primary N) is 1. The van der Waals surface area contributed by atoms with Gasteiger partial charge in [0.2, 0.25) is 5.82 Å². The predicted molar refractivity (Wildman–Crippen MR) is 130 cm³/mol. The minimum Gasteiger partial charge on any atom is -0.543 e. The van der Waals surface area contributed by atoms with Gasteiger partial charge >= 0.3 is 5.65 Å². The lowest BCUT2D eigenvalue weighted by atomic mass is 10.0. The van der Waals surface area contributed by atoms with Crippen molar-refractivity contribution in [1.29, 1.82) is 0 Å². The van der Waals surface area contributed by atoms with Crippen molar-refractivity contribution in [2.45, 2.75) is 18.0 Å². The van der Waals surface area contributed by atoms with E-state index in [1.54, 1.807) is 33.6 Å². The average Bonchev–Trinajstić information content (AvgIpc) is 3.42. The number of nitrogen functional groups attached to an aromatic ring is 1. The minimum atomic E-state index is -1.55. The standard InChI is InChI=1S/C21H17ClFN7O5S2/c1-35-27-12(11-15(22)37-21(24)26-11)16(31)25-13-18(32)30-14(20(33)34)9(8-36-19(13)30)7-29-6-5-28-4-2-3-10(23)17(28)29/h2-6,13,19H,7-8H2,1H3,(H3-,24,25,26,31,33,34)/b27-12-/t13-,19-/m1/s1. The molecule has 0 unspecified atom stereocenters. The zero-order valence-electron chi connectivity index (χ0n) is 18.9. The fraction of sp³-hybridized carbons (Fsp3) is 0.238. The van der Waals surface area contributed by atoms with Crippen LogP contribution in [0.4, 0.5) is 9.52 Å². The second kappa shape index (κ2) is 9.64. The first kappa shape index (κ1) is 25.0. The summed E-state index contributed by atoms with van der Waals surface area (Å²) in [4.78, 5) is 47.8. The Morgan fingerprint density at radius 2 is 2.24 bits per heavy atom. The molecule has 37 heavy (non-hydrogen) atoms. The summed E-state index contributed by atoms with van der Waals surface area (Å²) in [6, 6.07) is 1.80. The van der Waals surface area contributed by atoms with E-state index in [1.165, 1.54) is 24.9 Å². The van der Waals surface area contributed by atoms with Gasteiger partial charge in [0.05, 0.1) is 17.9 Å². The van der Waals surface area contributed by atoms with Gasteiger partial charge in [-0.25, -0.2) is 14.0 Å². The monoisotopic (exact) mass is 565 g/mol. The van der Waals surface area contributed by atoms with Crippen molar-refractivity contribution in [2.75, 3.05) is 18.6 Å². The summed E-state index contributed by atoms with van der Waals surface area (Å²) in [5.41, 5.74) is 5.66. The molecule has 0 saturated carbocycles. The first-order valence-electron chi connectivity index (χ1n) is 10.6. The number of nitrogens with one attached hydrogen (secondary N) is 1. The summed E-state index contributed by atoms with van der Waals surface area (Å²) in [7, 11) is 1.22. The van der Waals surface area contributed by atoms with Gasteiger partial charge in [-0.2, -0.15) is 4.39 Å². The van der Waals surface area contributed by atoms with E-state index >= 15 is 0 Å². The van der Waals surface area contributed by atoms with Crippen LogP contribution in [-0.2, 0) is 25.8 Å². The van der Waals surface area contributed by atoms with Crippen molar-refractivity contribution in [2.24, 2.45) is 5.16 Å². The third-order valence-corrected chi connectivity index (χ3v) is 8.16. The Bertz CT molecular complexity index is 1520. The van der Waals surface area contributed by atoms with E-state index in [-0.39, 0.29) is 44.5 Å². The van der Waals surface area contributed by atoms with Crippen molar-refractivity contribution in [3.63, 3.8) is 0 Å². The maximum atomic E-state index is 14.4. The number of oxime groups is 1. The Labute approximate surface area is 221 Å². The molecule has 3 N–H and O–H groups in total. The number of amides is 2. The number of hydrogen-bond donors (Lipinski definition) is 2. The van der Waals surface area contributed by atoms with Crippen LogP contribution < -0.4 is 20.6 Å². The first-order valence-corrected chi connectivity index (χ1v) is 12.8. The molecule has 5 rings (SSSR count). The Balaban J connectivity index is 1.39. The first-order chi connectivity index (χ1) is 17.7. The molecule has 2 atom stereocenters. The Morgan fingerprint density at radius 1 is 1.46 bits per heavy atom. The van der Waals surface area contributed by atoms with Gasteiger partial charge in [-0.1, -0.05) is 28.1 Å². The highest BCUT2D eigenvalue weighted by molar-refractivity contribution is 8.00. The van der Waals surface area contributed by atoms with Gasteiger partial charge in [-0.15, -0.1) is 11.8 Å². The SMILES string of the molecule is CO/N=C(\C(=O)N[C@@H]1C(=O)N2C(C(=O)[O-])=C(Cn3cc[n+]4cccc(F)c34)CS[C@H]12)c1nc(N)sc1Cl. The maximum Gasteiger partial charge on any atom is 0.323 e. The predicted octanol–water partition coefficient (Wildman–Crippen LogP) is -0.487. The van der Waals surface area contributed by atoms with Crippen LogP contribution in [0.1, 0.15) is 5.69 Å². The van der Waals surface area contributed by atoms with Crippen LogP contribution in [0.5, 0.6) is 0 Å². The molecular formula is C21H17ClFN7O5S2. The van der Waals surface area contributed by atoms with Crippen LogP contribution in [0.15, 0.2) is 47.1 Å². The molecule has 2 amide bonds. The summed E-state index contributed by atoms with van der Waals surface area (Å²) in [6.45, 7) is 0.0235. The van der Waals surface area contributed by atoms with E-state index in [1.807, 2.05) is 0 Å². The molecule has 0 aromatic carbocycles. The molecule has 2 aliphatic rings. The Morgan fingerprint density at radius 3 is 2.92 bits per heavy atom. The number of imidazole rings is 1. The quantitative estimate of drug-likeness (QED) is 0.168. The molecule has 3 aromatic rings. The molecule has 0 radical (unpaired) electrons. The number of thioether (sulfide) groups is 1. The Kier molecular flexibility index (Phi) is 6.51. The number of halogens is 2. The van der Waals surface area contributed by atoms with Crippen LogP contribution >= 0.6 is 34.7 Å². The fourth-order valence-electron chi connectivity index (χ4n) is 4.20. The minimum absolute atomic E-state index is 0.00917. The van der Waals surface area contributed by atoms with E-state index in [9.17, 15) is 23.9 Å². The molecular weight excluding hydrogens is 549 g/mol. The number of carboxylic acid groups (broad SMARTS) is 1. The third kappa shape index (κ3) is 4.28. The molecule has 2 aliphatic heterocycles. The van der Waals surface area contributed by atoms with E-state index in [2.05, 4.69) is 15.5 Å². The highest BCUT2D eigenvalue weighted by atomic mass is 35.5. The van der Waals surface area contributed by atoms with Gasteiger partial charge < -0.3 is 25.8 Å². The van der Waals surface area contributed by atoms with Crippen molar-refractivity contribution < 1.29 is 33.1 Å². The summed E-state index contributed by atoms with van der Waals surface area (Å²) >= 11 is 8.28. The van der Waals surface area contributed by atoms with E-state index in [0.717, 1.165) is 16.2 Å². The summed E-state index contributed by atoms with van der Waals surface area (Å²) in [5.74, 6) is -3.28. The van der Waals surface area contributed by atoms with Gasteiger partial charge in [0, 0.05) is 11.3 Å². The van der Waals surface area contributed by atoms with Gasteiger partial charge in [0.25, 0.3) is 11.8 Å². The van der Waals surface area contributed by atoms with Crippen molar-refractivity contribution in [3.05, 3.63) is 57.8 Å². The number of nitrogens with zero attached hydrogens (tertiary/aromatic N) is 5. The molecule has 0 spiro atoms. The normalized spacial score (nSPS) is 19.6. The number of β-lactam (4-membered cyclic amide) rings is 1. The molecule has 16 heteroatoms. The number of aliphatic carboxylic acids is 1. The summed E-state index contributed by atoms with van der Waals surface area (Å²) in [5, 5.41) is 17.7. The van der Waals surface area contributed by atoms with Gasteiger partial charge in [0.15, 0.2) is 10.8 Å². The van der Waals surface area contributed by atoms with Crippen molar-refractivity contribution in [1.82, 2.24) is 19.8 Å². The number of anilines is 1. The van der Waals surface area contributed by atoms with Crippen LogP contribution in [0.25, 0.3) is 5.65 Å². The lowest BCUT2D eigenvalue weighted by molar-refractivity contribution is -0.512. The molecule has 12 nitrogen and oxygen atoms in total. The summed E-state index contributed by atoms with van der Waals surface area (Å²) in [6.07, 6.45) is 4.91. The van der Waals surface area contributed by atoms with Crippen molar-refractivity contribution in [3.8, 4) is 0 Å². The summed E-state index contributed by atoms with van der Waals surface area (Å²) < 4.78 is 17.6. The number of rotatable bonds is 7. The van der Waals surface area contributed by atoms with E-state index < -0.39 is 35.0 Å². The number of carbonyl (C=O) groups is 3. The molecule has 3 aromatic heterocycles. The average molecular weight is 566 g/mol. The molecule has 1 saturated heterocycles. The Hall–Kier alpha value is -3.69. The molecule has 5 heterocycles. The number of hydrogen-bond acceptors (Lipinski definition) is 10. The smallest absolute Gasteiger partial charge is 0.323 e. The molecule has 0 aliphatic carbocycles. The maximum absolute atomic E-state index is 14.4. The lowest BCUT2D eigenvalue weighted by Gasteiger charge is -2.50. The largest absolute Gasteiger partial charge is 0.543 e. The number of aromatic nitrogens is 3. The number of thiazole rings is 1. The second-order valence-corrected chi connectivity index (χ2v) is 10.6. The van der Waals surface area contributed by atoms with E-state index in [4.69, 9.17) is 22.2 Å².